The van der Waals surface area contributed by atoms with Crippen LogP contribution in [-0.4, -0.2) is 6.21 Å². The molecule has 3 nitrogen and oxygen atoms in total. The van der Waals surface area contributed by atoms with Gasteiger partial charge in [-0.1, -0.05) is 45.2 Å². The van der Waals surface area contributed by atoms with Crippen LogP contribution in [0.4, 0.5) is 0 Å². The highest BCUT2D eigenvalue weighted by molar-refractivity contribution is 9.10. The van der Waals surface area contributed by atoms with Crippen molar-refractivity contribution in [2.45, 2.75) is 6.61 Å². The third kappa shape index (κ3) is 3.88. The largest absolute Gasteiger partial charge is 0.488 e. The Labute approximate surface area is 135 Å². The van der Waals surface area contributed by atoms with E-state index in [0.29, 0.717) is 22.4 Å². The molecule has 2 aromatic carbocycles. The second kappa shape index (κ2) is 6.97. The fourth-order valence-corrected chi connectivity index (χ4v) is 2.47. The van der Waals surface area contributed by atoms with Gasteiger partial charge in [-0.3, -0.25) is 0 Å². The van der Waals surface area contributed by atoms with Crippen molar-refractivity contribution in [3.05, 3.63) is 62.0 Å². The lowest BCUT2D eigenvalue weighted by molar-refractivity contribution is 0.306. The molecule has 6 heteroatoms. The molecule has 20 heavy (non-hydrogen) atoms. The maximum absolute atomic E-state index is 6.10. The van der Waals surface area contributed by atoms with Gasteiger partial charge in [0, 0.05) is 25.6 Å². The number of nitrogens with zero attached hydrogens (tertiary/aromatic N) is 1. The molecule has 0 unspecified atom stereocenters. The molecule has 0 aliphatic carbocycles. The number of benzene rings is 2. The Bertz CT molecular complexity index is 647. The summed E-state index contributed by atoms with van der Waals surface area (Å²) in [5.41, 5.74) is 1.64. The first kappa shape index (κ1) is 15.2. The predicted molar refractivity (Wildman–Crippen MR) is 86.7 cm³/mol. The first-order chi connectivity index (χ1) is 9.60. The van der Waals surface area contributed by atoms with E-state index in [4.69, 9.17) is 33.8 Å². The van der Waals surface area contributed by atoms with Crippen LogP contribution in [-0.2, 0) is 6.61 Å². The van der Waals surface area contributed by atoms with E-state index in [-0.39, 0.29) is 0 Å². The van der Waals surface area contributed by atoms with Crippen LogP contribution in [0.15, 0.2) is 46.0 Å². The van der Waals surface area contributed by atoms with E-state index in [0.717, 1.165) is 15.6 Å². The lowest BCUT2D eigenvalue weighted by atomic mass is 10.2. The van der Waals surface area contributed by atoms with Gasteiger partial charge >= 0.3 is 0 Å². The highest BCUT2D eigenvalue weighted by atomic mass is 79.9. The van der Waals surface area contributed by atoms with E-state index in [1.807, 2.05) is 24.3 Å². The summed E-state index contributed by atoms with van der Waals surface area (Å²) in [4.78, 5) is 0. The molecule has 0 amide bonds. The third-order valence-electron chi connectivity index (χ3n) is 2.58. The summed E-state index contributed by atoms with van der Waals surface area (Å²) in [5.74, 6) is 5.86. The first-order valence-corrected chi connectivity index (χ1v) is 7.24. The number of hydrazone groups is 1. The van der Waals surface area contributed by atoms with E-state index in [1.165, 1.54) is 6.21 Å². The average molecular weight is 374 g/mol. The maximum Gasteiger partial charge on any atom is 0.128 e. The highest BCUT2D eigenvalue weighted by Gasteiger charge is 2.06. The van der Waals surface area contributed by atoms with Crippen molar-refractivity contribution >= 4 is 45.3 Å². The van der Waals surface area contributed by atoms with E-state index >= 15 is 0 Å². The summed E-state index contributed by atoms with van der Waals surface area (Å²) < 4.78 is 6.68. The number of hydrogen-bond acceptors (Lipinski definition) is 3. The van der Waals surface area contributed by atoms with Crippen molar-refractivity contribution in [1.82, 2.24) is 0 Å². The van der Waals surface area contributed by atoms with Crippen LogP contribution in [0.2, 0.25) is 10.0 Å². The Kier molecular flexibility index (Phi) is 5.29. The predicted octanol–water partition coefficient (Wildman–Crippen LogP) is 4.63. The standard InChI is InChI=1S/C14H11BrCl2N2O/c15-11-2-4-14(10(5-11)7-19-18)20-8-9-1-3-12(16)6-13(9)17/h1-7H,8,18H2. The molecule has 0 aromatic heterocycles. The Balaban J connectivity index is 2.18. The molecular formula is C14H11BrCl2N2O. The van der Waals surface area contributed by atoms with Crippen molar-refractivity contribution in [3.8, 4) is 5.75 Å². The Morgan fingerprint density at radius 3 is 2.70 bits per heavy atom. The molecule has 0 aliphatic heterocycles. The maximum atomic E-state index is 6.10. The summed E-state index contributed by atoms with van der Waals surface area (Å²) in [6.45, 7) is 0.336. The van der Waals surface area contributed by atoms with Gasteiger partial charge < -0.3 is 10.6 Å². The zero-order valence-electron chi connectivity index (χ0n) is 10.3. The Morgan fingerprint density at radius 1 is 1.20 bits per heavy atom. The van der Waals surface area contributed by atoms with Crippen LogP contribution in [0.3, 0.4) is 0 Å². The summed E-state index contributed by atoms with van der Waals surface area (Å²) >= 11 is 15.3. The molecule has 0 heterocycles. The minimum atomic E-state index is 0.336. The molecule has 2 rings (SSSR count). The SMILES string of the molecule is NN=Cc1cc(Br)ccc1OCc1ccc(Cl)cc1Cl. The molecule has 0 fully saturated rings. The number of rotatable bonds is 4. The van der Waals surface area contributed by atoms with Crippen molar-refractivity contribution in [1.29, 1.82) is 0 Å². The molecule has 0 radical (unpaired) electrons. The molecule has 0 bridgehead atoms. The van der Waals surface area contributed by atoms with Crippen molar-refractivity contribution in [2.24, 2.45) is 10.9 Å². The number of halogens is 3. The summed E-state index contributed by atoms with van der Waals surface area (Å²) in [6, 6.07) is 10.9. The van der Waals surface area contributed by atoms with Gasteiger partial charge in [-0.25, -0.2) is 0 Å². The van der Waals surface area contributed by atoms with Gasteiger partial charge in [0.25, 0.3) is 0 Å². The highest BCUT2D eigenvalue weighted by Crippen LogP contribution is 2.25. The van der Waals surface area contributed by atoms with E-state index in [9.17, 15) is 0 Å². The summed E-state index contributed by atoms with van der Waals surface area (Å²) in [7, 11) is 0. The average Bonchev–Trinajstić information content (AvgIpc) is 2.40. The van der Waals surface area contributed by atoms with Crippen molar-refractivity contribution in [3.63, 3.8) is 0 Å². The van der Waals surface area contributed by atoms with Gasteiger partial charge in [-0.05, 0) is 30.3 Å². The molecule has 0 saturated carbocycles. The van der Waals surface area contributed by atoms with Crippen LogP contribution in [0.1, 0.15) is 11.1 Å². The Hall–Kier alpha value is -1.23. The van der Waals surface area contributed by atoms with Crippen LogP contribution in [0.5, 0.6) is 5.75 Å². The molecule has 104 valence electrons. The second-order valence-corrected chi connectivity index (χ2v) is 5.74. The molecule has 2 N–H and O–H groups in total. The van der Waals surface area contributed by atoms with Gasteiger partial charge in [0.05, 0.1) is 6.21 Å². The summed E-state index contributed by atoms with van der Waals surface area (Å²) in [5, 5.41) is 4.69. The molecular weight excluding hydrogens is 363 g/mol. The van der Waals surface area contributed by atoms with Crippen molar-refractivity contribution < 1.29 is 4.74 Å². The fraction of sp³-hybridized carbons (Fsp3) is 0.0714. The number of hydrogen-bond donors (Lipinski definition) is 1. The molecule has 0 saturated heterocycles. The fourth-order valence-electron chi connectivity index (χ4n) is 1.63. The van der Waals surface area contributed by atoms with Gasteiger partial charge in [-0.2, -0.15) is 5.10 Å². The van der Waals surface area contributed by atoms with Crippen LogP contribution in [0.25, 0.3) is 0 Å². The van der Waals surface area contributed by atoms with Gasteiger partial charge in [0.2, 0.25) is 0 Å². The first-order valence-electron chi connectivity index (χ1n) is 5.69. The minimum Gasteiger partial charge on any atom is -0.488 e. The topological polar surface area (TPSA) is 47.6 Å². The third-order valence-corrected chi connectivity index (χ3v) is 3.66. The molecule has 2 aromatic rings. The van der Waals surface area contributed by atoms with Gasteiger partial charge in [0.15, 0.2) is 0 Å². The lowest BCUT2D eigenvalue weighted by Gasteiger charge is -2.10. The monoisotopic (exact) mass is 372 g/mol. The van der Waals surface area contributed by atoms with Crippen LogP contribution < -0.4 is 10.6 Å². The van der Waals surface area contributed by atoms with E-state index < -0.39 is 0 Å². The van der Waals surface area contributed by atoms with E-state index in [1.54, 1.807) is 12.1 Å². The quantitative estimate of drug-likeness (QED) is 0.482. The van der Waals surface area contributed by atoms with E-state index in [2.05, 4.69) is 21.0 Å². The molecule has 0 atom stereocenters. The summed E-state index contributed by atoms with van der Waals surface area (Å²) in [6.07, 6.45) is 1.53. The van der Waals surface area contributed by atoms with Crippen LogP contribution in [0, 0.1) is 0 Å². The van der Waals surface area contributed by atoms with Crippen molar-refractivity contribution in [2.75, 3.05) is 0 Å². The number of nitrogens with two attached hydrogens (primary N) is 1. The normalized spacial score (nSPS) is 10.9. The zero-order valence-corrected chi connectivity index (χ0v) is 13.4. The van der Waals surface area contributed by atoms with Gasteiger partial charge in [-0.15, -0.1) is 0 Å². The molecule has 0 spiro atoms. The van der Waals surface area contributed by atoms with Crippen LogP contribution >= 0.6 is 39.1 Å². The zero-order chi connectivity index (χ0) is 14.5. The lowest BCUT2D eigenvalue weighted by Crippen LogP contribution is -2.00. The Morgan fingerprint density at radius 2 is 2.00 bits per heavy atom. The minimum absolute atomic E-state index is 0.336. The smallest absolute Gasteiger partial charge is 0.128 e. The molecule has 0 aliphatic rings. The number of ether oxygens (including phenoxy) is 1. The van der Waals surface area contributed by atoms with Gasteiger partial charge in [0.1, 0.15) is 12.4 Å². The second-order valence-electron chi connectivity index (χ2n) is 3.98.